The van der Waals surface area contributed by atoms with Gasteiger partial charge < -0.3 is 4.74 Å². The molecule has 0 aromatic heterocycles. The van der Waals surface area contributed by atoms with Crippen LogP contribution in [0, 0.1) is 28.9 Å². The molecule has 0 aliphatic heterocycles. The molecule has 0 bridgehead atoms. The van der Waals surface area contributed by atoms with Gasteiger partial charge in [0.2, 0.25) is 0 Å². The lowest BCUT2D eigenvalue weighted by molar-refractivity contribution is 0.00634. The minimum atomic E-state index is -0.824. The van der Waals surface area contributed by atoms with Crippen molar-refractivity contribution in [2.24, 2.45) is 5.92 Å². The first-order valence-corrected chi connectivity index (χ1v) is 7.79. The number of hydrogen-bond donors (Lipinski definition) is 0. The van der Waals surface area contributed by atoms with Crippen molar-refractivity contribution in [1.82, 2.24) is 0 Å². The number of nitrogens with zero attached hydrogens (tertiary/aromatic N) is 1. The zero-order valence-electron chi connectivity index (χ0n) is 12.6. The predicted octanol–water partition coefficient (Wildman–Crippen LogP) is 4.90. The fourth-order valence-electron chi connectivity index (χ4n) is 2.90. The average molecular weight is 305 g/mol. The summed E-state index contributed by atoms with van der Waals surface area (Å²) in [5, 5.41) is 8.43. The first-order chi connectivity index (χ1) is 10.7. The Labute approximate surface area is 130 Å². The van der Waals surface area contributed by atoms with Gasteiger partial charge in [-0.25, -0.2) is 8.78 Å². The van der Waals surface area contributed by atoms with Crippen molar-refractivity contribution in [3.05, 3.63) is 47.5 Å². The molecule has 2 nitrogen and oxygen atoms in total. The first kappa shape index (κ1) is 16.6. The van der Waals surface area contributed by atoms with Crippen molar-refractivity contribution < 1.29 is 13.5 Å². The second kappa shape index (κ2) is 8.65. The van der Waals surface area contributed by atoms with Crippen molar-refractivity contribution in [1.29, 1.82) is 5.26 Å². The fourth-order valence-corrected chi connectivity index (χ4v) is 2.90. The molecule has 0 heterocycles. The van der Waals surface area contributed by atoms with Crippen LogP contribution in [0.15, 0.2) is 30.4 Å². The lowest BCUT2D eigenvalue weighted by Gasteiger charge is -2.28. The van der Waals surface area contributed by atoms with E-state index >= 15 is 0 Å². The van der Waals surface area contributed by atoms with Gasteiger partial charge in [0.15, 0.2) is 11.6 Å². The Hall–Kier alpha value is -1.73. The van der Waals surface area contributed by atoms with Crippen LogP contribution in [0.3, 0.4) is 0 Å². The van der Waals surface area contributed by atoms with Crippen molar-refractivity contribution in [3.63, 3.8) is 0 Å². The average Bonchev–Trinajstić information content (AvgIpc) is 2.54. The van der Waals surface area contributed by atoms with E-state index in [0.717, 1.165) is 44.6 Å². The summed E-state index contributed by atoms with van der Waals surface area (Å²) in [5.41, 5.74) is 0.669. The summed E-state index contributed by atoms with van der Waals surface area (Å²) in [6.45, 7) is 0.331. The summed E-state index contributed by atoms with van der Waals surface area (Å²) in [7, 11) is 0. The van der Waals surface area contributed by atoms with Gasteiger partial charge in [-0.1, -0.05) is 12.1 Å². The number of nitriles is 1. The normalized spacial score (nSPS) is 21.9. The van der Waals surface area contributed by atoms with E-state index in [2.05, 4.69) is 0 Å². The SMILES string of the molecule is N#CC=CCCC1CCC(OCc2ccc(F)c(F)c2)CC1. The van der Waals surface area contributed by atoms with E-state index in [-0.39, 0.29) is 6.10 Å². The Morgan fingerprint density at radius 3 is 2.64 bits per heavy atom. The molecule has 1 fully saturated rings. The molecule has 1 aliphatic rings. The minimum absolute atomic E-state index is 0.207. The third-order valence-electron chi connectivity index (χ3n) is 4.20. The van der Waals surface area contributed by atoms with Crippen molar-refractivity contribution in [2.75, 3.05) is 0 Å². The van der Waals surface area contributed by atoms with Crippen LogP contribution in [-0.4, -0.2) is 6.10 Å². The Bertz CT molecular complexity index is 543. The van der Waals surface area contributed by atoms with E-state index in [1.54, 1.807) is 6.07 Å². The maximum absolute atomic E-state index is 13.1. The summed E-state index contributed by atoms with van der Waals surface area (Å²) in [5.74, 6) is -0.948. The Kier molecular flexibility index (Phi) is 6.54. The van der Waals surface area contributed by atoms with E-state index < -0.39 is 11.6 Å². The molecule has 0 unspecified atom stereocenters. The molecule has 1 aliphatic carbocycles. The molecule has 0 amide bonds. The van der Waals surface area contributed by atoms with Gasteiger partial charge in [0, 0.05) is 6.08 Å². The summed E-state index contributed by atoms with van der Waals surface area (Å²) < 4.78 is 31.8. The Balaban J connectivity index is 1.68. The Morgan fingerprint density at radius 2 is 1.95 bits per heavy atom. The maximum atomic E-state index is 13.1. The van der Waals surface area contributed by atoms with Crippen LogP contribution in [0.4, 0.5) is 8.78 Å². The van der Waals surface area contributed by atoms with Crippen LogP contribution in [-0.2, 0) is 11.3 Å². The van der Waals surface area contributed by atoms with Crippen molar-refractivity contribution in [2.45, 2.75) is 51.2 Å². The summed E-state index contributed by atoms with van der Waals surface area (Å²) in [6, 6.07) is 5.90. The molecule has 0 spiro atoms. The standard InChI is InChI=1S/C18H21F2NO/c19-17-10-7-15(12-18(17)20)13-22-16-8-5-14(6-9-16)4-2-1-3-11-21/h1,3,7,10,12,14,16H,2,4-6,8-9,13H2. The molecular formula is C18H21F2NO. The summed E-state index contributed by atoms with van der Waals surface area (Å²) >= 11 is 0. The van der Waals surface area contributed by atoms with E-state index in [1.165, 1.54) is 12.1 Å². The van der Waals surface area contributed by atoms with Crippen LogP contribution >= 0.6 is 0 Å². The molecule has 0 saturated heterocycles. The van der Waals surface area contributed by atoms with E-state index in [4.69, 9.17) is 10.00 Å². The van der Waals surface area contributed by atoms with Crippen LogP contribution in [0.2, 0.25) is 0 Å². The lowest BCUT2D eigenvalue weighted by atomic mass is 9.84. The van der Waals surface area contributed by atoms with Crippen LogP contribution in [0.25, 0.3) is 0 Å². The molecular weight excluding hydrogens is 284 g/mol. The highest BCUT2D eigenvalue weighted by Gasteiger charge is 2.21. The second-order valence-electron chi connectivity index (χ2n) is 5.81. The van der Waals surface area contributed by atoms with Gasteiger partial charge in [-0.15, -0.1) is 0 Å². The van der Waals surface area contributed by atoms with Crippen molar-refractivity contribution >= 4 is 0 Å². The monoisotopic (exact) mass is 305 g/mol. The predicted molar refractivity (Wildman–Crippen MR) is 80.9 cm³/mol. The highest BCUT2D eigenvalue weighted by Crippen LogP contribution is 2.30. The van der Waals surface area contributed by atoms with Gasteiger partial charge in [0.1, 0.15) is 0 Å². The quantitative estimate of drug-likeness (QED) is 0.700. The molecule has 1 saturated carbocycles. The highest BCUT2D eigenvalue weighted by atomic mass is 19.2. The van der Waals surface area contributed by atoms with Crippen LogP contribution in [0.1, 0.15) is 44.1 Å². The first-order valence-electron chi connectivity index (χ1n) is 7.79. The maximum Gasteiger partial charge on any atom is 0.159 e. The summed E-state index contributed by atoms with van der Waals surface area (Å²) in [4.78, 5) is 0. The van der Waals surface area contributed by atoms with Gasteiger partial charge in [-0.05, 0) is 62.1 Å². The topological polar surface area (TPSA) is 33.0 Å². The lowest BCUT2D eigenvalue weighted by Crippen LogP contribution is -2.21. The molecule has 0 N–H and O–H groups in total. The van der Waals surface area contributed by atoms with E-state index in [9.17, 15) is 8.78 Å². The van der Waals surface area contributed by atoms with Crippen LogP contribution < -0.4 is 0 Å². The van der Waals surface area contributed by atoms with E-state index in [1.807, 2.05) is 12.1 Å². The second-order valence-corrected chi connectivity index (χ2v) is 5.81. The number of hydrogen-bond acceptors (Lipinski definition) is 2. The number of halogens is 2. The smallest absolute Gasteiger partial charge is 0.159 e. The van der Waals surface area contributed by atoms with E-state index in [0.29, 0.717) is 18.1 Å². The van der Waals surface area contributed by atoms with Gasteiger partial charge in [-0.2, -0.15) is 5.26 Å². The highest BCUT2D eigenvalue weighted by molar-refractivity contribution is 5.16. The molecule has 2 rings (SSSR count). The van der Waals surface area contributed by atoms with Crippen molar-refractivity contribution in [3.8, 4) is 6.07 Å². The number of rotatable bonds is 6. The molecule has 22 heavy (non-hydrogen) atoms. The number of allylic oxidation sites excluding steroid dienone is 2. The molecule has 118 valence electrons. The third-order valence-corrected chi connectivity index (χ3v) is 4.20. The van der Waals surface area contributed by atoms with Crippen LogP contribution in [0.5, 0.6) is 0 Å². The molecule has 1 aromatic carbocycles. The Morgan fingerprint density at radius 1 is 1.18 bits per heavy atom. The largest absolute Gasteiger partial charge is 0.374 e. The molecule has 4 heteroatoms. The minimum Gasteiger partial charge on any atom is -0.374 e. The van der Waals surface area contributed by atoms with Gasteiger partial charge in [0.05, 0.1) is 18.8 Å². The molecule has 0 atom stereocenters. The van der Waals surface area contributed by atoms with Gasteiger partial charge in [-0.3, -0.25) is 0 Å². The zero-order valence-corrected chi connectivity index (χ0v) is 12.6. The third kappa shape index (κ3) is 5.23. The molecule has 0 radical (unpaired) electrons. The summed E-state index contributed by atoms with van der Waals surface area (Å²) in [6.07, 6.45) is 10.0. The zero-order chi connectivity index (χ0) is 15.8. The van der Waals surface area contributed by atoms with Gasteiger partial charge in [0.25, 0.3) is 0 Å². The fraction of sp³-hybridized carbons (Fsp3) is 0.500. The number of benzene rings is 1. The molecule has 1 aromatic rings. The van der Waals surface area contributed by atoms with Gasteiger partial charge >= 0.3 is 0 Å². The number of ether oxygens (including phenoxy) is 1.